The average Bonchev–Trinajstić information content (AvgIpc) is 3.04. The Morgan fingerprint density at radius 2 is 1.83 bits per heavy atom. The average molecular weight is 398 g/mol. The van der Waals surface area contributed by atoms with Gasteiger partial charge in [0.05, 0.1) is 11.4 Å². The molecule has 0 saturated carbocycles. The summed E-state index contributed by atoms with van der Waals surface area (Å²) in [6, 6.07) is 10.1. The van der Waals surface area contributed by atoms with Crippen LogP contribution in [0.4, 0.5) is 11.5 Å². The molecule has 0 bridgehead atoms. The van der Waals surface area contributed by atoms with Crippen molar-refractivity contribution in [3.63, 3.8) is 0 Å². The first-order valence-corrected chi connectivity index (χ1v) is 10.4. The Hall–Kier alpha value is -2.83. The van der Waals surface area contributed by atoms with Gasteiger partial charge in [-0.25, -0.2) is 4.68 Å². The number of piperidine rings is 1. The standard InChI is InChI=1S/C22H31N5O2/c1-5-19(28)24-20-16(4)25-27(18-9-7-6-8-10-18)22(20)26-13-11-17(12-14-26)21(29)23-15(2)3/h6-10,15,17H,5,11-14H2,1-4H3,(H,23,29)(H,24,28). The van der Waals surface area contributed by atoms with E-state index in [4.69, 9.17) is 5.10 Å². The number of carbonyl (C=O) groups is 2. The Balaban J connectivity index is 1.89. The van der Waals surface area contributed by atoms with E-state index in [9.17, 15) is 9.59 Å². The number of nitrogens with one attached hydrogen (secondary N) is 2. The zero-order valence-corrected chi connectivity index (χ0v) is 17.7. The third-order valence-electron chi connectivity index (χ3n) is 5.22. The molecular weight excluding hydrogens is 366 g/mol. The van der Waals surface area contributed by atoms with Crippen LogP contribution in [0.5, 0.6) is 0 Å². The number of hydrogen-bond donors (Lipinski definition) is 2. The monoisotopic (exact) mass is 397 g/mol. The normalized spacial score (nSPS) is 14.9. The second kappa shape index (κ2) is 9.11. The Labute approximate surface area is 172 Å². The van der Waals surface area contributed by atoms with Gasteiger partial charge < -0.3 is 15.5 Å². The first kappa shape index (κ1) is 20.9. The van der Waals surface area contributed by atoms with Gasteiger partial charge in [-0.05, 0) is 45.7 Å². The quantitative estimate of drug-likeness (QED) is 0.784. The van der Waals surface area contributed by atoms with Crippen molar-refractivity contribution < 1.29 is 9.59 Å². The summed E-state index contributed by atoms with van der Waals surface area (Å²) in [5.41, 5.74) is 2.48. The fourth-order valence-electron chi connectivity index (χ4n) is 3.69. The maximum Gasteiger partial charge on any atom is 0.224 e. The van der Waals surface area contributed by atoms with E-state index in [0.29, 0.717) is 6.42 Å². The van der Waals surface area contributed by atoms with Gasteiger partial charge in [0, 0.05) is 31.5 Å². The van der Waals surface area contributed by atoms with Gasteiger partial charge in [0.15, 0.2) is 5.82 Å². The highest BCUT2D eigenvalue weighted by molar-refractivity contribution is 5.94. The van der Waals surface area contributed by atoms with Gasteiger partial charge in [0.1, 0.15) is 5.69 Å². The lowest BCUT2D eigenvalue weighted by Crippen LogP contribution is -2.43. The molecule has 2 aromatic rings. The van der Waals surface area contributed by atoms with Crippen molar-refractivity contribution in [3.8, 4) is 5.69 Å². The van der Waals surface area contributed by atoms with Crippen LogP contribution in [0.1, 0.15) is 45.7 Å². The van der Waals surface area contributed by atoms with E-state index in [1.165, 1.54) is 0 Å². The van der Waals surface area contributed by atoms with Gasteiger partial charge in [0.2, 0.25) is 11.8 Å². The van der Waals surface area contributed by atoms with E-state index in [2.05, 4.69) is 15.5 Å². The van der Waals surface area contributed by atoms with E-state index >= 15 is 0 Å². The molecule has 29 heavy (non-hydrogen) atoms. The minimum Gasteiger partial charge on any atom is -0.355 e. The molecule has 1 fully saturated rings. The number of rotatable bonds is 6. The second-order valence-electron chi connectivity index (χ2n) is 7.86. The van der Waals surface area contributed by atoms with Crippen molar-refractivity contribution >= 4 is 23.3 Å². The molecule has 1 aliphatic rings. The van der Waals surface area contributed by atoms with Crippen LogP contribution in [-0.2, 0) is 9.59 Å². The lowest BCUT2D eigenvalue weighted by atomic mass is 9.95. The smallest absolute Gasteiger partial charge is 0.224 e. The minimum absolute atomic E-state index is 0.0246. The third kappa shape index (κ3) is 4.78. The van der Waals surface area contributed by atoms with Crippen LogP contribution >= 0.6 is 0 Å². The van der Waals surface area contributed by atoms with Crippen LogP contribution in [0, 0.1) is 12.8 Å². The summed E-state index contributed by atoms with van der Waals surface area (Å²) in [5, 5.41) is 10.8. The molecule has 156 valence electrons. The summed E-state index contributed by atoms with van der Waals surface area (Å²) in [6.07, 6.45) is 1.96. The third-order valence-corrected chi connectivity index (χ3v) is 5.22. The lowest BCUT2D eigenvalue weighted by Gasteiger charge is -2.34. The summed E-state index contributed by atoms with van der Waals surface area (Å²) in [4.78, 5) is 26.8. The molecule has 1 aliphatic heterocycles. The molecule has 1 aromatic carbocycles. The number of anilines is 2. The maximum absolute atomic E-state index is 12.4. The predicted octanol–water partition coefficient (Wildman–Crippen LogP) is 3.27. The number of benzene rings is 1. The van der Waals surface area contributed by atoms with Crippen LogP contribution in [0.25, 0.3) is 5.69 Å². The maximum atomic E-state index is 12.4. The molecule has 0 unspecified atom stereocenters. The predicted molar refractivity (Wildman–Crippen MR) is 115 cm³/mol. The first-order valence-electron chi connectivity index (χ1n) is 10.4. The van der Waals surface area contributed by atoms with Crippen molar-refractivity contribution in [2.24, 2.45) is 5.92 Å². The minimum atomic E-state index is -0.0341. The van der Waals surface area contributed by atoms with Crippen molar-refractivity contribution in [2.45, 2.75) is 53.0 Å². The molecule has 0 atom stereocenters. The molecular formula is C22H31N5O2. The van der Waals surface area contributed by atoms with Gasteiger partial charge >= 0.3 is 0 Å². The van der Waals surface area contributed by atoms with E-state index in [1.807, 2.05) is 62.7 Å². The fourth-order valence-corrected chi connectivity index (χ4v) is 3.69. The van der Waals surface area contributed by atoms with E-state index in [0.717, 1.165) is 48.8 Å². The molecule has 3 rings (SSSR count). The highest BCUT2D eigenvalue weighted by atomic mass is 16.2. The Bertz CT molecular complexity index is 852. The number of nitrogens with zero attached hydrogens (tertiary/aromatic N) is 3. The van der Waals surface area contributed by atoms with Crippen LogP contribution < -0.4 is 15.5 Å². The topological polar surface area (TPSA) is 79.3 Å². The van der Waals surface area contributed by atoms with Crippen LogP contribution in [0.15, 0.2) is 30.3 Å². The molecule has 1 saturated heterocycles. The zero-order valence-electron chi connectivity index (χ0n) is 17.7. The number of carbonyl (C=O) groups excluding carboxylic acids is 2. The Morgan fingerprint density at radius 3 is 2.41 bits per heavy atom. The molecule has 0 spiro atoms. The SMILES string of the molecule is CCC(=O)Nc1c(C)nn(-c2ccccc2)c1N1CCC(C(=O)NC(C)C)CC1. The number of para-hydroxylation sites is 1. The highest BCUT2D eigenvalue weighted by Crippen LogP contribution is 2.35. The second-order valence-corrected chi connectivity index (χ2v) is 7.86. The molecule has 2 heterocycles. The van der Waals surface area contributed by atoms with Gasteiger partial charge in [0.25, 0.3) is 0 Å². The first-order chi connectivity index (χ1) is 13.9. The van der Waals surface area contributed by atoms with Crippen molar-refractivity contribution in [1.82, 2.24) is 15.1 Å². The molecule has 2 amide bonds. The molecule has 0 aliphatic carbocycles. The summed E-state index contributed by atoms with van der Waals surface area (Å²) < 4.78 is 1.90. The van der Waals surface area contributed by atoms with Gasteiger partial charge in [-0.1, -0.05) is 25.1 Å². The molecule has 2 N–H and O–H groups in total. The van der Waals surface area contributed by atoms with Gasteiger partial charge in [-0.3, -0.25) is 9.59 Å². The largest absolute Gasteiger partial charge is 0.355 e. The van der Waals surface area contributed by atoms with Crippen molar-refractivity contribution in [3.05, 3.63) is 36.0 Å². The van der Waals surface area contributed by atoms with Gasteiger partial charge in [-0.2, -0.15) is 5.10 Å². The van der Waals surface area contributed by atoms with Crippen molar-refractivity contribution in [2.75, 3.05) is 23.3 Å². The molecule has 1 aromatic heterocycles. The number of hydrogen-bond acceptors (Lipinski definition) is 4. The lowest BCUT2D eigenvalue weighted by molar-refractivity contribution is -0.126. The van der Waals surface area contributed by atoms with Crippen molar-refractivity contribution in [1.29, 1.82) is 0 Å². The Kier molecular flexibility index (Phi) is 6.56. The summed E-state index contributed by atoms with van der Waals surface area (Å²) in [5.74, 6) is 1.01. The fraction of sp³-hybridized carbons (Fsp3) is 0.500. The summed E-state index contributed by atoms with van der Waals surface area (Å²) in [6.45, 7) is 9.20. The summed E-state index contributed by atoms with van der Waals surface area (Å²) in [7, 11) is 0. The number of aromatic nitrogens is 2. The number of amides is 2. The zero-order chi connectivity index (χ0) is 21.0. The molecule has 0 radical (unpaired) electrons. The van der Waals surface area contributed by atoms with E-state index < -0.39 is 0 Å². The Morgan fingerprint density at radius 1 is 1.17 bits per heavy atom. The number of aryl methyl sites for hydroxylation is 1. The van der Waals surface area contributed by atoms with E-state index in [1.54, 1.807) is 0 Å². The molecule has 7 nitrogen and oxygen atoms in total. The summed E-state index contributed by atoms with van der Waals surface area (Å²) >= 11 is 0. The van der Waals surface area contributed by atoms with Gasteiger partial charge in [-0.15, -0.1) is 0 Å². The molecule has 7 heteroatoms. The van der Waals surface area contributed by atoms with Crippen LogP contribution in [-0.4, -0.2) is 40.7 Å². The van der Waals surface area contributed by atoms with Crippen LogP contribution in [0.2, 0.25) is 0 Å². The van der Waals surface area contributed by atoms with E-state index in [-0.39, 0.29) is 23.8 Å². The highest BCUT2D eigenvalue weighted by Gasteiger charge is 2.30. The van der Waals surface area contributed by atoms with Crippen LogP contribution in [0.3, 0.4) is 0 Å².